The maximum Gasteiger partial charge on any atom is 0.224 e. The van der Waals surface area contributed by atoms with Crippen molar-refractivity contribution < 1.29 is 4.79 Å². The molecule has 0 radical (unpaired) electrons. The van der Waals surface area contributed by atoms with Gasteiger partial charge in [-0.15, -0.1) is 6.58 Å². The summed E-state index contributed by atoms with van der Waals surface area (Å²) in [6.45, 7) is 5.55. The van der Waals surface area contributed by atoms with Crippen molar-refractivity contribution in [1.29, 1.82) is 0 Å². The molecule has 0 aromatic rings. The number of nitrogens with one attached hydrogen (secondary N) is 2. The number of rotatable bonds is 3. The van der Waals surface area contributed by atoms with E-state index in [0.717, 1.165) is 25.9 Å². The van der Waals surface area contributed by atoms with Gasteiger partial charge in [0.25, 0.3) is 0 Å². The van der Waals surface area contributed by atoms with Crippen LogP contribution >= 0.6 is 0 Å². The van der Waals surface area contributed by atoms with E-state index in [1.54, 1.807) is 6.08 Å². The maximum absolute atomic E-state index is 11.1. The van der Waals surface area contributed by atoms with Crippen LogP contribution in [0.5, 0.6) is 0 Å². The van der Waals surface area contributed by atoms with Gasteiger partial charge in [0.15, 0.2) is 0 Å². The average Bonchev–Trinajstić information content (AvgIpc) is 2.06. The zero-order chi connectivity index (χ0) is 8.81. The number of carbonyl (C=O) groups is 1. The molecular weight excluding hydrogens is 152 g/mol. The number of amides is 1. The lowest BCUT2D eigenvalue weighted by molar-refractivity contribution is -0.121. The van der Waals surface area contributed by atoms with Crippen LogP contribution in [0.25, 0.3) is 0 Å². The number of hydrogen-bond acceptors (Lipinski definition) is 2. The van der Waals surface area contributed by atoms with Gasteiger partial charge in [0.1, 0.15) is 0 Å². The number of piperidine rings is 1. The van der Waals surface area contributed by atoms with E-state index in [1.807, 2.05) is 0 Å². The van der Waals surface area contributed by atoms with E-state index in [1.165, 1.54) is 0 Å². The molecule has 2 N–H and O–H groups in total. The lowest BCUT2D eigenvalue weighted by atomic mass is 10.1. The molecule has 1 saturated heterocycles. The normalized spacial score (nSPS) is 18.7. The molecule has 12 heavy (non-hydrogen) atoms. The highest BCUT2D eigenvalue weighted by atomic mass is 16.1. The highest BCUT2D eigenvalue weighted by Gasteiger charge is 2.13. The van der Waals surface area contributed by atoms with Crippen LogP contribution in [0.15, 0.2) is 12.7 Å². The van der Waals surface area contributed by atoms with E-state index in [9.17, 15) is 4.79 Å². The Morgan fingerprint density at radius 2 is 2.25 bits per heavy atom. The molecule has 0 aliphatic carbocycles. The van der Waals surface area contributed by atoms with Gasteiger partial charge in [-0.2, -0.15) is 0 Å². The van der Waals surface area contributed by atoms with Gasteiger partial charge in [-0.1, -0.05) is 6.08 Å². The fourth-order valence-corrected chi connectivity index (χ4v) is 1.38. The summed E-state index contributed by atoms with van der Waals surface area (Å²) in [4.78, 5) is 11.1. The van der Waals surface area contributed by atoms with Crippen LogP contribution in [0.1, 0.15) is 19.3 Å². The fourth-order valence-electron chi connectivity index (χ4n) is 1.38. The summed E-state index contributed by atoms with van der Waals surface area (Å²) >= 11 is 0. The quantitative estimate of drug-likeness (QED) is 0.600. The summed E-state index contributed by atoms with van der Waals surface area (Å²) in [5, 5.41) is 6.22. The Bertz CT molecular complexity index is 162. The molecule has 0 bridgehead atoms. The van der Waals surface area contributed by atoms with Gasteiger partial charge in [-0.25, -0.2) is 0 Å². The molecule has 1 amide bonds. The molecular formula is C9H16N2O. The Hall–Kier alpha value is -0.830. The number of carbonyl (C=O) groups excluding carboxylic acids is 1. The summed E-state index contributed by atoms with van der Waals surface area (Å²) in [7, 11) is 0. The predicted octanol–water partition coefficient (Wildman–Crippen LogP) is 0.431. The second kappa shape index (κ2) is 4.93. The predicted molar refractivity (Wildman–Crippen MR) is 48.8 cm³/mol. The van der Waals surface area contributed by atoms with E-state index >= 15 is 0 Å². The van der Waals surface area contributed by atoms with Crippen molar-refractivity contribution >= 4 is 5.91 Å². The second-order valence-electron chi connectivity index (χ2n) is 3.08. The third-order valence-corrected chi connectivity index (χ3v) is 2.03. The van der Waals surface area contributed by atoms with E-state index in [0.29, 0.717) is 12.5 Å². The van der Waals surface area contributed by atoms with E-state index < -0.39 is 0 Å². The molecule has 0 saturated carbocycles. The molecule has 1 rings (SSSR count). The first-order chi connectivity index (χ1) is 5.83. The van der Waals surface area contributed by atoms with Crippen LogP contribution in [0.3, 0.4) is 0 Å². The minimum atomic E-state index is 0.0944. The molecule has 1 heterocycles. The topological polar surface area (TPSA) is 41.1 Å². The Kier molecular flexibility index (Phi) is 3.80. The average molecular weight is 168 g/mol. The lowest BCUT2D eigenvalue weighted by Gasteiger charge is -2.23. The fraction of sp³-hybridized carbons (Fsp3) is 0.667. The first-order valence-corrected chi connectivity index (χ1v) is 4.44. The Morgan fingerprint density at radius 3 is 2.83 bits per heavy atom. The van der Waals surface area contributed by atoms with Crippen LogP contribution in [-0.4, -0.2) is 25.0 Å². The molecule has 0 aromatic heterocycles. The Labute approximate surface area is 73.2 Å². The molecule has 0 atom stereocenters. The summed E-state index contributed by atoms with van der Waals surface area (Å²) in [5.74, 6) is 0.0944. The molecule has 1 aliphatic heterocycles. The van der Waals surface area contributed by atoms with Crippen molar-refractivity contribution in [3.63, 3.8) is 0 Å². The molecule has 68 valence electrons. The molecule has 1 aliphatic rings. The third kappa shape index (κ3) is 3.05. The summed E-state index contributed by atoms with van der Waals surface area (Å²) in [6, 6.07) is 0.374. The van der Waals surface area contributed by atoms with Crippen LogP contribution in [0.2, 0.25) is 0 Å². The van der Waals surface area contributed by atoms with Gasteiger partial charge in [-0.3, -0.25) is 4.79 Å². The standard InChI is InChI=1S/C9H16N2O/c1-2-3-9(12)11-8-4-6-10-7-5-8/h2,8,10H,1,3-7H2,(H,11,12). The molecule has 0 aromatic carbocycles. The van der Waals surface area contributed by atoms with Crippen molar-refractivity contribution in [2.24, 2.45) is 0 Å². The molecule has 1 fully saturated rings. The van der Waals surface area contributed by atoms with E-state index in [2.05, 4.69) is 17.2 Å². The van der Waals surface area contributed by atoms with Crippen molar-refractivity contribution in [1.82, 2.24) is 10.6 Å². The van der Waals surface area contributed by atoms with Gasteiger partial charge in [0, 0.05) is 12.5 Å². The SMILES string of the molecule is C=CCC(=O)NC1CCNCC1. The van der Waals surface area contributed by atoms with Crippen LogP contribution in [0.4, 0.5) is 0 Å². The number of hydrogen-bond donors (Lipinski definition) is 2. The molecule has 0 unspecified atom stereocenters. The zero-order valence-electron chi connectivity index (χ0n) is 7.31. The van der Waals surface area contributed by atoms with Crippen LogP contribution in [-0.2, 0) is 4.79 Å². The van der Waals surface area contributed by atoms with E-state index in [-0.39, 0.29) is 5.91 Å². The van der Waals surface area contributed by atoms with Gasteiger partial charge < -0.3 is 10.6 Å². The highest BCUT2D eigenvalue weighted by Crippen LogP contribution is 2.01. The third-order valence-electron chi connectivity index (χ3n) is 2.03. The lowest BCUT2D eigenvalue weighted by Crippen LogP contribution is -2.42. The minimum absolute atomic E-state index is 0.0944. The minimum Gasteiger partial charge on any atom is -0.353 e. The van der Waals surface area contributed by atoms with Gasteiger partial charge in [0.2, 0.25) is 5.91 Å². The monoisotopic (exact) mass is 168 g/mol. The van der Waals surface area contributed by atoms with E-state index in [4.69, 9.17) is 0 Å². The van der Waals surface area contributed by atoms with Crippen molar-refractivity contribution in [3.05, 3.63) is 12.7 Å². The first-order valence-electron chi connectivity index (χ1n) is 4.44. The van der Waals surface area contributed by atoms with Gasteiger partial charge in [-0.05, 0) is 25.9 Å². The summed E-state index contributed by atoms with van der Waals surface area (Å²) in [5.41, 5.74) is 0. The van der Waals surface area contributed by atoms with Gasteiger partial charge >= 0.3 is 0 Å². The molecule has 0 spiro atoms. The highest BCUT2D eigenvalue weighted by molar-refractivity contribution is 5.77. The zero-order valence-corrected chi connectivity index (χ0v) is 7.31. The molecule has 3 heteroatoms. The summed E-state index contributed by atoms with van der Waals surface area (Å²) < 4.78 is 0. The second-order valence-corrected chi connectivity index (χ2v) is 3.08. The largest absolute Gasteiger partial charge is 0.353 e. The maximum atomic E-state index is 11.1. The van der Waals surface area contributed by atoms with Crippen LogP contribution < -0.4 is 10.6 Å². The van der Waals surface area contributed by atoms with Gasteiger partial charge in [0.05, 0.1) is 0 Å². The van der Waals surface area contributed by atoms with Crippen molar-refractivity contribution in [2.75, 3.05) is 13.1 Å². The Balaban J connectivity index is 2.19. The Morgan fingerprint density at radius 1 is 1.58 bits per heavy atom. The first kappa shape index (κ1) is 9.26. The summed E-state index contributed by atoms with van der Waals surface area (Å²) in [6.07, 6.45) is 4.16. The van der Waals surface area contributed by atoms with Crippen molar-refractivity contribution in [3.8, 4) is 0 Å². The smallest absolute Gasteiger partial charge is 0.224 e. The van der Waals surface area contributed by atoms with Crippen molar-refractivity contribution in [2.45, 2.75) is 25.3 Å². The van der Waals surface area contributed by atoms with Crippen LogP contribution in [0, 0.1) is 0 Å². The molecule has 3 nitrogen and oxygen atoms in total.